The Morgan fingerprint density at radius 2 is 1.62 bits per heavy atom. The van der Waals surface area contributed by atoms with Crippen molar-refractivity contribution in [3.05, 3.63) is 53.6 Å². The Balaban J connectivity index is 1.83. The van der Waals surface area contributed by atoms with E-state index in [0.717, 1.165) is 5.56 Å². The molecule has 0 bridgehead atoms. The third-order valence-electron chi connectivity index (χ3n) is 5.48. The summed E-state index contributed by atoms with van der Waals surface area (Å²) >= 11 is 0. The largest absolute Gasteiger partial charge is 0.493 e. The molecule has 2 aromatic rings. The molecular weight excluding hydrogens is 412 g/mol. The van der Waals surface area contributed by atoms with Crippen LogP contribution in [0.2, 0.25) is 0 Å². The summed E-state index contributed by atoms with van der Waals surface area (Å²) in [5, 5.41) is 0. The highest BCUT2D eigenvalue weighted by Gasteiger charge is 2.36. The van der Waals surface area contributed by atoms with E-state index in [2.05, 4.69) is 4.90 Å². The van der Waals surface area contributed by atoms with E-state index >= 15 is 0 Å². The van der Waals surface area contributed by atoms with E-state index in [9.17, 15) is 9.59 Å². The summed E-state index contributed by atoms with van der Waals surface area (Å²) in [6, 6.07) is 12.7. The molecule has 0 saturated carbocycles. The number of carbonyl (C=O) groups excluding carboxylic acids is 2. The van der Waals surface area contributed by atoms with Gasteiger partial charge in [-0.05, 0) is 24.6 Å². The first-order chi connectivity index (χ1) is 15.5. The lowest BCUT2D eigenvalue weighted by molar-refractivity contribution is -0.151. The van der Waals surface area contributed by atoms with Crippen molar-refractivity contribution in [2.45, 2.75) is 19.5 Å². The van der Waals surface area contributed by atoms with Gasteiger partial charge in [0.25, 0.3) is 5.91 Å². The van der Waals surface area contributed by atoms with Crippen LogP contribution >= 0.6 is 0 Å². The van der Waals surface area contributed by atoms with Crippen LogP contribution in [0.15, 0.2) is 42.5 Å². The lowest BCUT2D eigenvalue weighted by Crippen LogP contribution is -2.57. The summed E-state index contributed by atoms with van der Waals surface area (Å²) in [4.78, 5) is 29.8. The fourth-order valence-electron chi connectivity index (χ4n) is 3.86. The van der Waals surface area contributed by atoms with E-state index < -0.39 is 6.04 Å². The molecule has 0 aromatic heterocycles. The number of esters is 1. The molecule has 8 heteroatoms. The van der Waals surface area contributed by atoms with Crippen molar-refractivity contribution < 1.29 is 28.5 Å². The molecule has 1 atom stereocenters. The first kappa shape index (κ1) is 23.4. The van der Waals surface area contributed by atoms with Gasteiger partial charge in [-0.2, -0.15) is 0 Å². The standard InChI is InChI=1S/C24H30N2O6/c1-5-32-24(28)19-16-26(12-11-25(19)15-17-9-7-6-8-10-17)23(27)18-13-20(29-2)22(31-4)21(14-18)30-3/h6-10,13-14,19H,5,11-12,15-16H2,1-4H3. The fourth-order valence-corrected chi connectivity index (χ4v) is 3.86. The predicted molar refractivity (Wildman–Crippen MR) is 119 cm³/mol. The van der Waals surface area contributed by atoms with Crippen molar-refractivity contribution in [1.82, 2.24) is 9.80 Å². The molecule has 0 aliphatic carbocycles. The first-order valence-electron chi connectivity index (χ1n) is 10.6. The molecule has 32 heavy (non-hydrogen) atoms. The molecule has 3 rings (SSSR count). The molecule has 1 amide bonds. The lowest BCUT2D eigenvalue weighted by Gasteiger charge is -2.40. The van der Waals surface area contributed by atoms with Gasteiger partial charge in [0.1, 0.15) is 6.04 Å². The second kappa shape index (κ2) is 10.9. The Morgan fingerprint density at radius 3 is 2.19 bits per heavy atom. The maximum absolute atomic E-state index is 13.3. The van der Waals surface area contributed by atoms with Crippen molar-refractivity contribution in [2.24, 2.45) is 0 Å². The van der Waals surface area contributed by atoms with E-state index in [-0.39, 0.29) is 25.0 Å². The Kier molecular flexibility index (Phi) is 7.94. The van der Waals surface area contributed by atoms with Crippen LogP contribution in [-0.2, 0) is 16.1 Å². The third-order valence-corrected chi connectivity index (χ3v) is 5.48. The second-order valence-electron chi connectivity index (χ2n) is 7.39. The summed E-state index contributed by atoms with van der Waals surface area (Å²) < 4.78 is 21.4. The zero-order valence-corrected chi connectivity index (χ0v) is 19.0. The van der Waals surface area contributed by atoms with Crippen LogP contribution in [-0.4, -0.2) is 75.3 Å². The molecule has 1 aliphatic rings. The number of amides is 1. The monoisotopic (exact) mass is 442 g/mol. The van der Waals surface area contributed by atoms with Gasteiger partial charge in [0.05, 0.1) is 27.9 Å². The van der Waals surface area contributed by atoms with Gasteiger partial charge >= 0.3 is 5.97 Å². The lowest BCUT2D eigenvalue weighted by atomic mass is 10.1. The van der Waals surface area contributed by atoms with Crippen LogP contribution in [0.25, 0.3) is 0 Å². The summed E-state index contributed by atoms with van der Waals surface area (Å²) in [7, 11) is 4.52. The Hall–Kier alpha value is -3.26. The number of rotatable bonds is 8. The summed E-state index contributed by atoms with van der Waals surface area (Å²) in [5.74, 6) is 0.687. The zero-order chi connectivity index (χ0) is 23.1. The van der Waals surface area contributed by atoms with Crippen LogP contribution in [0.3, 0.4) is 0 Å². The topological polar surface area (TPSA) is 77.5 Å². The van der Waals surface area contributed by atoms with Gasteiger partial charge in [-0.1, -0.05) is 30.3 Å². The normalized spacial score (nSPS) is 16.4. The van der Waals surface area contributed by atoms with Gasteiger partial charge < -0.3 is 23.8 Å². The molecule has 2 aromatic carbocycles. The van der Waals surface area contributed by atoms with Gasteiger partial charge in [0.2, 0.25) is 5.75 Å². The van der Waals surface area contributed by atoms with Crippen molar-refractivity contribution in [3.63, 3.8) is 0 Å². The number of benzene rings is 2. The summed E-state index contributed by atoms with van der Waals surface area (Å²) in [6.07, 6.45) is 0. The first-order valence-corrected chi connectivity index (χ1v) is 10.6. The molecule has 1 heterocycles. The van der Waals surface area contributed by atoms with E-state index in [1.165, 1.54) is 21.3 Å². The van der Waals surface area contributed by atoms with E-state index in [4.69, 9.17) is 18.9 Å². The van der Waals surface area contributed by atoms with Crippen molar-refractivity contribution >= 4 is 11.9 Å². The maximum Gasteiger partial charge on any atom is 0.325 e. The molecule has 0 spiro atoms. The highest BCUT2D eigenvalue weighted by molar-refractivity contribution is 5.96. The summed E-state index contributed by atoms with van der Waals surface area (Å²) in [5.41, 5.74) is 1.50. The number of carbonyl (C=O) groups is 2. The van der Waals surface area contributed by atoms with Crippen molar-refractivity contribution in [2.75, 3.05) is 47.6 Å². The Labute approximate surface area is 188 Å². The number of hydrogen-bond acceptors (Lipinski definition) is 7. The molecule has 8 nitrogen and oxygen atoms in total. The fraction of sp³-hybridized carbons (Fsp3) is 0.417. The predicted octanol–water partition coefficient (Wildman–Crippen LogP) is 2.60. The molecule has 172 valence electrons. The average molecular weight is 443 g/mol. The van der Waals surface area contributed by atoms with Gasteiger partial charge in [0.15, 0.2) is 11.5 Å². The minimum Gasteiger partial charge on any atom is -0.493 e. The average Bonchev–Trinajstić information content (AvgIpc) is 2.83. The van der Waals surface area contributed by atoms with Gasteiger partial charge in [0, 0.05) is 31.7 Å². The SMILES string of the molecule is CCOC(=O)C1CN(C(=O)c2cc(OC)c(OC)c(OC)c2)CCN1Cc1ccccc1. The van der Waals surface area contributed by atoms with E-state index in [0.29, 0.717) is 42.4 Å². The minimum absolute atomic E-state index is 0.210. The van der Waals surface area contributed by atoms with Crippen LogP contribution in [0.1, 0.15) is 22.8 Å². The maximum atomic E-state index is 13.3. The second-order valence-corrected chi connectivity index (χ2v) is 7.39. The van der Waals surface area contributed by atoms with Crippen molar-refractivity contribution in [3.8, 4) is 17.2 Å². The van der Waals surface area contributed by atoms with E-state index in [1.54, 1.807) is 24.0 Å². The van der Waals surface area contributed by atoms with E-state index in [1.807, 2.05) is 30.3 Å². The van der Waals surface area contributed by atoms with Crippen LogP contribution in [0.4, 0.5) is 0 Å². The zero-order valence-electron chi connectivity index (χ0n) is 19.0. The molecule has 0 radical (unpaired) electrons. The van der Waals surface area contributed by atoms with Crippen LogP contribution in [0.5, 0.6) is 17.2 Å². The Bertz CT molecular complexity index is 908. The quantitative estimate of drug-likeness (QED) is 0.582. The summed E-state index contributed by atoms with van der Waals surface area (Å²) in [6.45, 7) is 3.95. The highest BCUT2D eigenvalue weighted by Crippen LogP contribution is 2.38. The van der Waals surface area contributed by atoms with Crippen LogP contribution < -0.4 is 14.2 Å². The number of methoxy groups -OCH3 is 3. The molecule has 1 saturated heterocycles. The van der Waals surface area contributed by atoms with Crippen LogP contribution in [0, 0.1) is 0 Å². The number of ether oxygens (including phenoxy) is 4. The van der Waals surface area contributed by atoms with Gasteiger partial charge in [-0.3, -0.25) is 14.5 Å². The molecule has 0 N–H and O–H groups in total. The van der Waals surface area contributed by atoms with Gasteiger partial charge in [-0.25, -0.2) is 0 Å². The Morgan fingerprint density at radius 1 is 0.969 bits per heavy atom. The highest BCUT2D eigenvalue weighted by atomic mass is 16.5. The molecule has 1 aliphatic heterocycles. The number of nitrogens with zero attached hydrogens (tertiary/aromatic N) is 2. The minimum atomic E-state index is -0.546. The van der Waals surface area contributed by atoms with Crippen molar-refractivity contribution in [1.29, 1.82) is 0 Å². The molecule has 1 unspecified atom stereocenters. The number of hydrogen-bond donors (Lipinski definition) is 0. The molecular formula is C24H30N2O6. The molecule has 1 fully saturated rings. The van der Waals surface area contributed by atoms with Gasteiger partial charge in [-0.15, -0.1) is 0 Å². The third kappa shape index (κ3) is 5.13. The number of piperazine rings is 1. The smallest absolute Gasteiger partial charge is 0.325 e.